The van der Waals surface area contributed by atoms with Crippen molar-refractivity contribution in [3.63, 3.8) is 0 Å². The normalized spacial score (nSPS) is 14.8. The second-order valence-electron chi connectivity index (χ2n) is 5.66. The Hall–Kier alpha value is -2.09. The Bertz CT molecular complexity index is 867. The Labute approximate surface area is 151 Å². The van der Waals surface area contributed by atoms with Crippen LogP contribution in [-0.2, 0) is 21.3 Å². The highest BCUT2D eigenvalue weighted by Crippen LogP contribution is 2.24. The third-order valence-electron chi connectivity index (χ3n) is 3.84. The van der Waals surface area contributed by atoms with Crippen LogP contribution in [0.2, 0.25) is 5.02 Å². The molecule has 1 saturated heterocycles. The first kappa shape index (κ1) is 17.7. The van der Waals surface area contributed by atoms with Crippen molar-refractivity contribution in [1.82, 2.24) is 9.42 Å². The molecule has 0 radical (unpaired) electrons. The zero-order chi connectivity index (χ0) is 18.0. The molecule has 0 aromatic heterocycles. The molecule has 25 heavy (non-hydrogen) atoms. The van der Waals surface area contributed by atoms with Crippen molar-refractivity contribution in [2.75, 3.05) is 13.2 Å². The van der Waals surface area contributed by atoms with Crippen molar-refractivity contribution in [2.45, 2.75) is 18.4 Å². The zero-order valence-corrected chi connectivity index (χ0v) is 15.1. The summed E-state index contributed by atoms with van der Waals surface area (Å²) in [6.07, 6.45) is -0.676. The molecule has 0 aliphatic carbocycles. The largest absolute Gasteiger partial charge is 0.446 e. The van der Waals surface area contributed by atoms with E-state index in [1.807, 2.05) is 6.92 Å². The minimum absolute atomic E-state index is 0.00246. The number of ether oxygens (including phenoxy) is 1. The predicted octanol–water partition coefficient (Wildman–Crippen LogP) is 3.21. The van der Waals surface area contributed by atoms with Crippen molar-refractivity contribution in [3.8, 4) is 0 Å². The van der Waals surface area contributed by atoms with Crippen LogP contribution in [0.4, 0.5) is 4.79 Å². The summed E-state index contributed by atoms with van der Waals surface area (Å²) in [5.74, 6) is 0. The Morgan fingerprint density at radius 2 is 1.76 bits per heavy atom. The van der Waals surface area contributed by atoms with E-state index >= 15 is 0 Å². The molecule has 1 amide bonds. The van der Waals surface area contributed by atoms with Gasteiger partial charge in [0.05, 0.1) is 18.0 Å². The summed E-state index contributed by atoms with van der Waals surface area (Å²) in [5, 5.41) is 1.67. The lowest BCUT2D eigenvalue weighted by molar-refractivity contribution is 0.0890. The highest BCUT2D eigenvalue weighted by molar-refractivity contribution is 7.89. The number of carbonyl (C=O) groups is 1. The fraction of sp³-hybridized carbons (Fsp3) is 0.235. The van der Waals surface area contributed by atoms with Crippen molar-refractivity contribution in [2.24, 2.45) is 0 Å². The molecule has 6 nitrogen and oxygen atoms in total. The Morgan fingerprint density at radius 1 is 1.12 bits per heavy atom. The quantitative estimate of drug-likeness (QED) is 0.798. The fourth-order valence-corrected chi connectivity index (χ4v) is 4.04. The predicted molar refractivity (Wildman–Crippen MR) is 93.4 cm³/mol. The molecule has 3 rings (SSSR count). The summed E-state index contributed by atoms with van der Waals surface area (Å²) >= 11 is 5.88. The molecule has 2 aromatic carbocycles. The van der Waals surface area contributed by atoms with Crippen LogP contribution >= 0.6 is 11.6 Å². The summed E-state index contributed by atoms with van der Waals surface area (Å²) in [6, 6.07) is 13.3. The first-order valence-electron chi connectivity index (χ1n) is 7.66. The van der Waals surface area contributed by atoms with Gasteiger partial charge in [0, 0.05) is 5.02 Å². The highest BCUT2D eigenvalue weighted by atomic mass is 35.5. The monoisotopic (exact) mass is 380 g/mol. The van der Waals surface area contributed by atoms with Crippen molar-refractivity contribution < 1.29 is 17.9 Å². The molecular formula is C17H17ClN2O4S. The van der Waals surface area contributed by atoms with Gasteiger partial charge in [0.1, 0.15) is 6.61 Å². The highest BCUT2D eigenvalue weighted by Gasteiger charge is 2.37. The number of halogens is 1. The van der Waals surface area contributed by atoms with Gasteiger partial charge < -0.3 is 4.74 Å². The molecule has 0 spiro atoms. The molecule has 1 fully saturated rings. The molecule has 2 aromatic rings. The number of cyclic esters (lactones) is 1. The van der Waals surface area contributed by atoms with Gasteiger partial charge in [-0.1, -0.05) is 45.8 Å². The van der Waals surface area contributed by atoms with Gasteiger partial charge in [-0.05, 0) is 36.8 Å². The Kier molecular flexibility index (Phi) is 4.99. The lowest BCUT2D eigenvalue weighted by atomic mass is 10.2. The fourth-order valence-electron chi connectivity index (χ4n) is 2.47. The number of benzene rings is 2. The minimum atomic E-state index is -3.92. The maximum absolute atomic E-state index is 13.1. The lowest BCUT2D eigenvalue weighted by Gasteiger charge is -2.29. The molecule has 0 saturated carbocycles. The smallest absolute Gasteiger partial charge is 0.425 e. The maximum Gasteiger partial charge on any atom is 0.425 e. The van der Waals surface area contributed by atoms with E-state index in [4.69, 9.17) is 16.3 Å². The van der Waals surface area contributed by atoms with E-state index in [0.717, 1.165) is 15.0 Å². The second kappa shape index (κ2) is 7.03. The van der Waals surface area contributed by atoms with E-state index in [9.17, 15) is 13.2 Å². The van der Waals surface area contributed by atoms with E-state index in [1.54, 1.807) is 36.4 Å². The average molecular weight is 381 g/mol. The minimum Gasteiger partial charge on any atom is -0.446 e. The zero-order valence-electron chi connectivity index (χ0n) is 13.6. The van der Waals surface area contributed by atoms with Gasteiger partial charge in [-0.25, -0.2) is 18.2 Å². The SMILES string of the molecule is Cc1ccc(S(=O)(=O)N(Cc2ccc(Cl)cc2)N2CCOC2=O)cc1. The maximum atomic E-state index is 13.1. The number of hydrazine groups is 1. The molecule has 0 unspecified atom stereocenters. The summed E-state index contributed by atoms with van der Waals surface area (Å²) in [6.45, 7) is 2.21. The van der Waals surface area contributed by atoms with Crippen LogP contribution in [0, 0.1) is 6.92 Å². The molecule has 1 heterocycles. The third-order valence-corrected chi connectivity index (χ3v) is 5.84. The van der Waals surface area contributed by atoms with Crippen LogP contribution in [0.1, 0.15) is 11.1 Å². The number of hydrogen-bond donors (Lipinski definition) is 0. The van der Waals surface area contributed by atoms with Crippen molar-refractivity contribution in [1.29, 1.82) is 0 Å². The summed E-state index contributed by atoms with van der Waals surface area (Å²) in [5.41, 5.74) is 1.66. The molecular weight excluding hydrogens is 364 g/mol. The summed E-state index contributed by atoms with van der Waals surface area (Å²) < 4.78 is 32.2. The van der Waals surface area contributed by atoms with E-state index < -0.39 is 16.1 Å². The van der Waals surface area contributed by atoms with Crippen LogP contribution in [-0.4, -0.2) is 37.1 Å². The van der Waals surface area contributed by atoms with Gasteiger partial charge in [-0.2, -0.15) is 0 Å². The van der Waals surface area contributed by atoms with Gasteiger partial charge in [0.15, 0.2) is 0 Å². The number of amides is 1. The molecule has 132 valence electrons. The van der Waals surface area contributed by atoms with Gasteiger partial charge in [0.2, 0.25) is 0 Å². The van der Waals surface area contributed by atoms with Crippen LogP contribution in [0.15, 0.2) is 53.4 Å². The van der Waals surface area contributed by atoms with E-state index in [2.05, 4.69) is 0 Å². The Morgan fingerprint density at radius 3 is 2.32 bits per heavy atom. The summed E-state index contributed by atoms with van der Waals surface area (Å²) in [4.78, 5) is 12.1. The average Bonchev–Trinajstić information content (AvgIpc) is 3.00. The van der Waals surface area contributed by atoms with Gasteiger partial charge in [-0.3, -0.25) is 0 Å². The van der Waals surface area contributed by atoms with Crippen molar-refractivity contribution >= 4 is 27.7 Å². The molecule has 0 atom stereocenters. The van der Waals surface area contributed by atoms with Crippen LogP contribution in [0.25, 0.3) is 0 Å². The van der Waals surface area contributed by atoms with Gasteiger partial charge in [-0.15, -0.1) is 0 Å². The molecule has 8 heteroatoms. The van der Waals surface area contributed by atoms with E-state index in [-0.39, 0.29) is 24.6 Å². The van der Waals surface area contributed by atoms with Crippen LogP contribution < -0.4 is 0 Å². The Balaban J connectivity index is 1.99. The van der Waals surface area contributed by atoms with Crippen molar-refractivity contribution in [3.05, 3.63) is 64.7 Å². The summed E-state index contributed by atoms with van der Waals surface area (Å²) in [7, 11) is -3.92. The number of carbonyl (C=O) groups excluding carboxylic acids is 1. The standard InChI is InChI=1S/C17H17ClN2O4S/c1-13-2-8-16(9-3-13)25(22,23)20(19-10-11-24-17(19)21)12-14-4-6-15(18)7-5-14/h2-9H,10-12H2,1H3. The van der Waals surface area contributed by atoms with Gasteiger partial charge in [0.25, 0.3) is 10.0 Å². The third kappa shape index (κ3) is 3.78. The first-order valence-corrected chi connectivity index (χ1v) is 9.48. The molecule has 1 aliphatic heterocycles. The number of nitrogens with zero attached hydrogens (tertiary/aromatic N) is 2. The van der Waals surface area contributed by atoms with Gasteiger partial charge >= 0.3 is 6.09 Å². The number of rotatable bonds is 5. The van der Waals surface area contributed by atoms with Crippen LogP contribution in [0.3, 0.4) is 0 Å². The molecule has 0 bridgehead atoms. The topological polar surface area (TPSA) is 66.9 Å². The van der Waals surface area contributed by atoms with Crippen LogP contribution in [0.5, 0.6) is 0 Å². The first-order chi connectivity index (χ1) is 11.9. The second-order valence-corrected chi connectivity index (χ2v) is 7.94. The van der Waals surface area contributed by atoms with E-state index in [0.29, 0.717) is 10.6 Å². The van der Waals surface area contributed by atoms with E-state index in [1.165, 1.54) is 12.1 Å². The molecule has 1 aliphatic rings. The number of hydrogen-bond acceptors (Lipinski definition) is 4. The number of aryl methyl sites for hydroxylation is 1. The number of sulfonamides is 1. The molecule has 0 N–H and O–H groups in total. The lowest BCUT2D eigenvalue weighted by Crippen LogP contribution is -2.46.